The Bertz CT molecular complexity index is 852. The zero-order valence-electron chi connectivity index (χ0n) is 11.3. The van der Waals surface area contributed by atoms with Crippen molar-refractivity contribution < 1.29 is 14.0 Å². The van der Waals surface area contributed by atoms with Gasteiger partial charge in [-0.15, -0.1) is 0 Å². The predicted octanol–water partition coefficient (Wildman–Crippen LogP) is 2.49. The van der Waals surface area contributed by atoms with Gasteiger partial charge in [0.05, 0.1) is 5.56 Å². The lowest BCUT2D eigenvalue weighted by molar-refractivity contribution is -0.124. The summed E-state index contributed by atoms with van der Waals surface area (Å²) in [5, 5.41) is 2.31. The third-order valence-electron chi connectivity index (χ3n) is 4.44. The number of rotatable bonds is 0. The molecule has 22 heavy (non-hydrogen) atoms. The van der Waals surface area contributed by atoms with Gasteiger partial charge in [-0.2, -0.15) is 0 Å². The lowest BCUT2D eigenvalue weighted by atomic mass is 9.71. The number of hydrogen-bond donors (Lipinski definition) is 1. The summed E-state index contributed by atoms with van der Waals surface area (Å²) < 4.78 is 14.8. The van der Waals surface area contributed by atoms with E-state index in [0.717, 1.165) is 11.3 Å². The first-order chi connectivity index (χ1) is 10.5. The zero-order chi connectivity index (χ0) is 15.5. The summed E-state index contributed by atoms with van der Waals surface area (Å²) >= 11 is 3.25. The number of pyridine rings is 1. The first kappa shape index (κ1) is 13.6. The van der Waals surface area contributed by atoms with Crippen LogP contribution in [0.5, 0.6) is 0 Å². The van der Waals surface area contributed by atoms with Gasteiger partial charge < -0.3 is 0 Å². The van der Waals surface area contributed by atoms with E-state index in [2.05, 4.69) is 26.2 Å². The Kier molecular flexibility index (Phi) is 2.75. The first-order valence-electron chi connectivity index (χ1n) is 6.84. The average molecular weight is 361 g/mol. The Morgan fingerprint density at radius 1 is 1.27 bits per heavy atom. The van der Waals surface area contributed by atoms with Gasteiger partial charge in [0.15, 0.2) is 0 Å². The summed E-state index contributed by atoms with van der Waals surface area (Å²) in [6, 6.07) is 6.48. The van der Waals surface area contributed by atoms with Crippen molar-refractivity contribution in [2.24, 2.45) is 0 Å². The second-order valence-corrected chi connectivity index (χ2v) is 6.41. The Balaban J connectivity index is 2.10. The van der Waals surface area contributed by atoms with Gasteiger partial charge in [0.25, 0.3) is 5.91 Å². The average Bonchev–Trinajstić information content (AvgIpc) is 2.85. The highest BCUT2D eigenvalue weighted by Crippen LogP contribution is 2.47. The number of hydrogen-bond acceptors (Lipinski definition) is 3. The summed E-state index contributed by atoms with van der Waals surface area (Å²) in [6.45, 7) is 0. The van der Waals surface area contributed by atoms with Gasteiger partial charge in [0, 0.05) is 16.4 Å². The van der Waals surface area contributed by atoms with Crippen LogP contribution in [0.1, 0.15) is 33.6 Å². The Labute approximate surface area is 133 Å². The summed E-state index contributed by atoms with van der Waals surface area (Å²) in [5.74, 6) is -1.73. The molecular formula is C16H10BrFN2O2. The van der Waals surface area contributed by atoms with Gasteiger partial charge in [0.2, 0.25) is 5.91 Å². The molecule has 1 aliphatic heterocycles. The van der Waals surface area contributed by atoms with Crippen LogP contribution in [0.25, 0.3) is 0 Å². The van der Waals surface area contributed by atoms with Crippen molar-refractivity contribution in [1.29, 1.82) is 0 Å². The molecule has 1 spiro atoms. The molecule has 4 rings (SSSR count). The van der Waals surface area contributed by atoms with E-state index in [9.17, 15) is 14.0 Å². The topological polar surface area (TPSA) is 59.1 Å². The molecule has 1 unspecified atom stereocenters. The second kappa shape index (κ2) is 4.46. The largest absolute Gasteiger partial charge is 0.291 e. The fourth-order valence-corrected chi connectivity index (χ4v) is 3.95. The number of aromatic nitrogens is 1. The number of amides is 2. The van der Waals surface area contributed by atoms with Crippen LogP contribution in [0.15, 0.2) is 34.9 Å². The van der Waals surface area contributed by atoms with Gasteiger partial charge in [-0.25, -0.2) is 4.39 Å². The standard InChI is InChI=1S/C16H10BrFN2O2/c17-8-6-10-13(11(18)7-8)14(21)20-15(22)16(10)4-3-12-9(16)2-1-5-19-12/h1-2,5-7H,3-4H2,(H,20,21,22). The maximum atomic E-state index is 14.3. The SMILES string of the molecule is O=C1NC(=O)C2(CCc3ncccc32)c2cc(Br)cc(F)c21. The molecule has 2 amide bonds. The molecule has 2 heterocycles. The van der Waals surface area contributed by atoms with Gasteiger partial charge in [-0.3, -0.25) is 19.9 Å². The third-order valence-corrected chi connectivity index (χ3v) is 4.90. The molecule has 0 saturated heterocycles. The highest BCUT2D eigenvalue weighted by molar-refractivity contribution is 9.10. The molecule has 0 radical (unpaired) electrons. The molecule has 1 aromatic heterocycles. The number of carbonyl (C=O) groups is 2. The molecule has 4 nitrogen and oxygen atoms in total. The second-order valence-electron chi connectivity index (χ2n) is 5.50. The smallest absolute Gasteiger partial charge is 0.261 e. The van der Waals surface area contributed by atoms with Gasteiger partial charge >= 0.3 is 0 Å². The molecule has 1 aromatic carbocycles. The minimum absolute atomic E-state index is 0.0560. The van der Waals surface area contributed by atoms with Crippen molar-refractivity contribution in [2.45, 2.75) is 18.3 Å². The number of halogens is 2. The Hall–Kier alpha value is -2.08. The maximum Gasteiger partial charge on any atom is 0.261 e. The monoisotopic (exact) mass is 360 g/mol. The third kappa shape index (κ3) is 1.58. The number of nitrogens with one attached hydrogen (secondary N) is 1. The van der Waals surface area contributed by atoms with Crippen LogP contribution in [-0.2, 0) is 16.6 Å². The molecule has 1 aliphatic carbocycles. The van der Waals surface area contributed by atoms with E-state index in [1.54, 1.807) is 18.3 Å². The minimum atomic E-state index is -1.04. The fraction of sp³-hybridized carbons (Fsp3) is 0.188. The fourth-order valence-electron chi connectivity index (χ4n) is 3.52. The quantitative estimate of drug-likeness (QED) is 0.734. The van der Waals surface area contributed by atoms with E-state index in [1.165, 1.54) is 6.07 Å². The molecule has 0 saturated carbocycles. The van der Waals surface area contributed by atoms with Crippen molar-refractivity contribution in [1.82, 2.24) is 10.3 Å². The predicted molar refractivity (Wildman–Crippen MR) is 79.9 cm³/mol. The summed E-state index contributed by atoms with van der Waals surface area (Å²) in [7, 11) is 0. The van der Waals surface area contributed by atoms with Crippen molar-refractivity contribution in [2.75, 3.05) is 0 Å². The van der Waals surface area contributed by atoms with E-state index in [4.69, 9.17) is 0 Å². The lowest BCUT2D eigenvalue weighted by Gasteiger charge is -2.34. The molecule has 110 valence electrons. The Morgan fingerprint density at radius 3 is 2.91 bits per heavy atom. The van der Waals surface area contributed by atoms with Gasteiger partial charge in [-0.05, 0) is 42.2 Å². The number of benzene rings is 1. The van der Waals surface area contributed by atoms with E-state index in [0.29, 0.717) is 22.9 Å². The van der Waals surface area contributed by atoms with E-state index < -0.39 is 23.0 Å². The van der Waals surface area contributed by atoms with Crippen LogP contribution in [0.2, 0.25) is 0 Å². The number of nitrogens with zero attached hydrogens (tertiary/aromatic N) is 1. The minimum Gasteiger partial charge on any atom is -0.291 e. The van der Waals surface area contributed by atoms with Crippen LogP contribution in [0.3, 0.4) is 0 Å². The zero-order valence-corrected chi connectivity index (χ0v) is 12.9. The number of aryl methyl sites for hydroxylation is 1. The number of carbonyl (C=O) groups excluding carboxylic acids is 2. The number of fused-ring (bicyclic) bond motifs is 4. The van der Waals surface area contributed by atoms with Gasteiger partial charge in [-0.1, -0.05) is 22.0 Å². The van der Waals surface area contributed by atoms with Gasteiger partial charge in [0.1, 0.15) is 11.2 Å². The lowest BCUT2D eigenvalue weighted by Crippen LogP contribution is -2.52. The van der Waals surface area contributed by atoms with Crippen LogP contribution < -0.4 is 5.32 Å². The van der Waals surface area contributed by atoms with Crippen LogP contribution >= 0.6 is 15.9 Å². The van der Waals surface area contributed by atoms with Crippen molar-refractivity contribution >= 4 is 27.7 Å². The molecule has 1 N–H and O–H groups in total. The number of imide groups is 1. The molecule has 2 aliphatic rings. The normalized spacial score (nSPS) is 22.5. The van der Waals surface area contributed by atoms with E-state index in [-0.39, 0.29) is 5.56 Å². The highest BCUT2D eigenvalue weighted by atomic mass is 79.9. The van der Waals surface area contributed by atoms with E-state index >= 15 is 0 Å². The van der Waals surface area contributed by atoms with E-state index in [1.807, 2.05) is 6.07 Å². The maximum absolute atomic E-state index is 14.3. The summed E-state index contributed by atoms with van der Waals surface area (Å²) in [6.07, 6.45) is 2.76. The van der Waals surface area contributed by atoms with Crippen molar-refractivity contribution in [3.63, 3.8) is 0 Å². The first-order valence-corrected chi connectivity index (χ1v) is 7.63. The molecule has 6 heteroatoms. The van der Waals surface area contributed by atoms with Crippen LogP contribution in [0, 0.1) is 5.82 Å². The highest BCUT2D eigenvalue weighted by Gasteiger charge is 2.52. The molecule has 1 atom stereocenters. The van der Waals surface area contributed by atoms with Crippen LogP contribution in [-0.4, -0.2) is 16.8 Å². The van der Waals surface area contributed by atoms with Crippen molar-refractivity contribution in [3.8, 4) is 0 Å². The summed E-state index contributed by atoms with van der Waals surface area (Å²) in [4.78, 5) is 29.1. The molecule has 0 bridgehead atoms. The Morgan fingerprint density at radius 2 is 2.09 bits per heavy atom. The van der Waals surface area contributed by atoms with Crippen LogP contribution in [0.4, 0.5) is 4.39 Å². The van der Waals surface area contributed by atoms with Crippen molar-refractivity contribution in [3.05, 3.63) is 63.1 Å². The molecule has 0 fully saturated rings. The summed E-state index contributed by atoms with van der Waals surface area (Å²) in [5.41, 5.74) is 0.883. The molecule has 2 aromatic rings. The molecular weight excluding hydrogens is 351 g/mol.